The van der Waals surface area contributed by atoms with Gasteiger partial charge in [0.25, 0.3) is 11.6 Å². The molecule has 120 valence electrons. The summed E-state index contributed by atoms with van der Waals surface area (Å²) < 4.78 is 5.66. The Labute approximate surface area is 134 Å². The van der Waals surface area contributed by atoms with E-state index < -0.39 is 4.92 Å². The Morgan fingerprint density at radius 1 is 1.17 bits per heavy atom. The van der Waals surface area contributed by atoms with E-state index >= 15 is 0 Å². The lowest BCUT2D eigenvalue weighted by atomic mass is 10.2. The van der Waals surface area contributed by atoms with E-state index in [-0.39, 0.29) is 17.7 Å². The van der Waals surface area contributed by atoms with E-state index in [1.54, 1.807) is 24.3 Å². The zero-order valence-corrected chi connectivity index (χ0v) is 13.0. The lowest BCUT2D eigenvalue weighted by Gasteiger charge is -2.12. The topological polar surface area (TPSA) is 81.5 Å². The van der Waals surface area contributed by atoms with E-state index in [9.17, 15) is 14.9 Å². The molecule has 0 fully saturated rings. The first kappa shape index (κ1) is 16.5. The van der Waals surface area contributed by atoms with Gasteiger partial charge in [-0.15, -0.1) is 0 Å². The van der Waals surface area contributed by atoms with Gasteiger partial charge in [0.2, 0.25) is 0 Å². The third kappa shape index (κ3) is 4.54. The molecule has 0 aliphatic rings. The van der Waals surface area contributed by atoms with Crippen molar-refractivity contribution >= 4 is 17.3 Å². The fourth-order valence-electron chi connectivity index (χ4n) is 1.87. The number of benzene rings is 2. The molecule has 1 N–H and O–H groups in total. The molecule has 0 bridgehead atoms. The van der Waals surface area contributed by atoms with Gasteiger partial charge in [-0.2, -0.15) is 0 Å². The van der Waals surface area contributed by atoms with Crippen LogP contribution >= 0.6 is 0 Å². The minimum absolute atomic E-state index is 0.0189. The van der Waals surface area contributed by atoms with Crippen LogP contribution in [0.2, 0.25) is 0 Å². The Bertz CT molecular complexity index is 681. The largest absolute Gasteiger partial charge is 0.491 e. The SMILES string of the molecule is CCC(C)Oc1ccc(C(=O)Nc2ccc([N+](=O)[O-])cc2)cc1. The van der Waals surface area contributed by atoms with Crippen LogP contribution in [0.5, 0.6) is 5.75 Å². The molecule has 0 spiro atoms. The van der Waals surface area contributed by atoms with Crippen molar-refractivity contribution in [1.29, 1.82) is 0 Å². The Kier molecular flexibility index (Phi) is 5.30. The van der Waals surface area contributed by atoms with Crippen molar-refractivity contribution in [3.05, 3.63) is 64.2 Å². The third-order valence-electron chi connectivity index (χ3n) is 3.36. The number of hydrogen-bond acceptors (Lipinski definition) is 4. The molecule has 0 aliphatic carbocycles. The van der Waals surface area contributed by atoms with Crippen LogP contribution in [-0.4, -0.2) is 16.9 Å². The molecule has 0 aliphatic heterocycles. The molecule has 6 heteroatoms. The van der Waals surface area contributed by atoms with E-state index in [4.69, 9.17) is 4.74 Å². The number of non-ortho nitro benzene ring substituents is 1. The third-order valence-corrected chi connectivity index (χ3v) is 3.36. The standard InChI is InChI=1S/C17H18N2O4/c1-3-12(2)23-16-10-4-13(5-11-16)17(20)18-14-6-8-15(9-7-14)19(21)22/h4-12H,3H2,1-2H3,(H,18,20). The average Bonchev–Trinajstić information content (AvgIpc) is 2.55. The molecule has 2 rings (SSSR count). The van der Waals surface area contributed by atoms with Crippen LogP contribution in [0.3, 0.4) is 0 Å². The molecule has 1 unspecified atom stereocenters. The van der Waals surface area contributed by atoms with Crippen molar-refractivity contribution in [3.63, 3.8) is 0 Å². The zero-order chi connectivity index (χ0) is 16.8. The van der Waals surface area contributed by atoms with Crippen LogP contribution in [0.1, 0.15) is 30.6 Å². The monoisotopic (exact) mass is 314 g/mol. The number of ether oxygens (including phenoxy) is 1. The number of carbonyl (C=O) groups is 1. The summed E-state index contributed by atoms with van der Waals surface area (Å²) in [5, 5.41) is 13.3. The Balaban J connectivity index is 2.01. The zero-order valence-electron chi connectivity index (χ0n) is 13.0. The van der Waals surface area contributed by atoms with Crippen molar-refractivity contribution in [2.24, 2.45) is 0 Å². The molecule has 2 aromatic rings. The van der Waals surface area contributed by atoms with Gasteiger partial charge in [0, 0.05) is 23.4 Å². The number of nitro groups is 1. The van der Waals surface area contributed by atoms with E-state index in [0.29, 0.717) is 17.0 Å². The van der Waals surface area contributed by atoms with Gasteiger partial charge in [0.05, 0.1) is 11.0 Å². The van der Waals surface area contributed by atoms with Crippen LogP contribution in [0.15, 0.2) is 48.5 Å². The first-order chi connectivity index (χ1) is 11.0. The van der Waals surface area contributed by atoms with E-state index in [1.165, 1.54) is 24.3 Å². The number of nitro benzene ring substituents is 1. The van der Waals surface area contributed by atoms with Gasteiger partial charge in [-0.1, -0.05) is 6.92 Å². The van der Waals surface area contributed by atoms with Gasteiger partial charge in [0.15, 0.2) is 0 Å². The Morgan fingerprint density at radius 2 is 1.78 bits per heavy atom. The van der Waals surface area contributed by atoms with Crippen molar-refractivity contribution in [1.82, 2.24) is 0 Å². The highest BCUT2D eigenvalue weighted by Crippen LogP contribution is 2.18. The molecule has 23 heavy (non-hydrogen) atoms. The highest BCUT2D eigenvalue weighted by atomic mass is 16.6. The molecule has 0 aromatic heterocycles. The summed E-state index contributed by atoms with van der Waals surface area (Å²) in [6, 6.07) is 12.5. The average molecular weight is 314 g/mol. The molecule has 0 saturated carbocycles. The number of carbonyl (C=O) groups excluding carboxylic acids is 1. The summed E-state index contributed by atoms with van der Waals surface area (Å²) in [6.07, 6.45) is 1.03. The molecule has 0 radical (unpaired) electrons. The van der Waals surface area contributed by atoms with Crippen molar-refractivity contribution in [2.45, 2.75) is 26.4 Å². The maximum Gasteiger partial charge on any atom is 0.269 e. The fourth-order valence-corrected chi connectivity index (χ4v) is 1.87. The lowest BCUT2D eigenvalue weighted by molar-refractivity contribution is -0.384. The van der Waals surface area contributed by atoms with Crippen LogP contribution in [0.4, 0.5) is 11.4 Å². The van der Waals surface area contributed by atoms with E-state index in [0.717, 1.165) is 6.42 Å². The van der Waals surface area contributed by atoms with Crippen LogP contribution in [-0.2, 0) is 0 Å². The minimum Gasteiger partial charge on any atom is -0.491 e. The number of nitrogens with zero attached hydrogens (tertiary/aromatic N) is 1. The molecule has 2 aromatic carbocycles. The lowest BCUT2D eigenvalue weighted by Crippen LogP contribution is -2.12. The van der Waals surface area contributed by atoms with Gasteiger partial charge >= 0.3 is 0 Å². The van der Waals surface area contributed by atoms with Crippen molar-refractivity contribution in [3.8, 4) is 5.75 Å². The van der Waals surface area contributed by atoms with Gasteiger partial charge in [-0.3, -0.25) is 14.9 Å². The molecule has 1 atom stereocenters. The van der Waals surface area contributed by atoms with Crippen LogP contribution in [0.25, 0.3) is 0 Å². The summed E-state index contributed by atoms with van der Waals surface area (Å²) in [5.41, 5.74) is 0.968. The fraction of sp³-hybridized carbons (Fsp3) is 0.235. The number of nitrogens with one attached hydrogen (secondary N) is 1. The normalized spacial score (nSPS) is 11.6. The molecule has 0 heterocycles. The maximum atomic E-state index is 12.1. The van der Waals surface area contributed by atoms with Gasteiger partial charge < -0.3 is 10.1 Å². The predicted octanol–water partition coefficient (Wildman–Crippen LogP) is 4.02. The summed E-state index contributed by atoms with van der Waals surface area (Å²) in [4.78, 5) is 22.2. The summed E-state index contributed by atoms with van der Waals surface area (Å²) >= 11 is 0. The predicted molar refractivity (Wildman–Crippen MR) is 87.9 cm³/mol. The molecule has 6 nitrogen and oxygen atoms in total. The van der Waals surface area contributed by atoms with Crippen molar-refractivity contribution in [2.75, 3.05) is 5.32 Å². The maximum absolute atomic E-state index is 12.1. The summed E-state index contributed by atoms with van der Waals surface area (Å²) in [5.74, 6) is 0.431. The smallest absolute Gasteiger partial charge is 0.269 e. The second-order valence-electron chi connectivity index (χ2n) is 5.12. The molecule has 0 saturated heterocycles. The van der Waals surface area contributed by atoms with E-state index in [2.05, 4.69) is 5.32 Å². The number of hydrogen-bond donors (Lipinski definition) is 1. The highest BCUT2D eigenvalue weighted by molar-refractivity contribution is 6.04. The van der Waals surface area contributed by atoms with Crippen LogP contribution in [0, 0.1) is 10.1 Å². The van der Waals surface area contributed by atoms with Crippen LogP contribution < -0.4 is 10.1 Å². The summed E-state index contributed by atoms with van der Waals surface area (Å²) in [7, 11) is 0. The summed E-state index contributed by atoms with van der Waals surface area (Å²) in [6.45, 7) is 4.02. The quantitative estimate of drug-likeness (QED) is 0.645. The van der Waals surface area contributed by atoms with Crippen molar-refractivity contribution < 1.29 is 14.5 Å². The number of anilines is 1. The number of amides is 1. The minimum atomic E-state index is -0.485. The molecular weight excluding hydrogens is 296 g/mol. The first-order valence-electron chi connectivity index (χ1n) is 7.32. The molecular formula is C17H18N2O4. The second kappa shape index (κ2) is 7.40. The Hall–Kier alpha value is -2.89. The van der Waals surface area contributed by atoms with E-state index in [1.807, 2.05) is 13.8 Å². The second-order valence-corrected chi connectivity index (χ2v) is 5.12. The first-order valence-corrected chi connectivity index (χ1v) is 7.32. The van der Waals surface area contributed by atoms with Gasteiger partial charge in [0.1, 0.15) is 5.75 Å². The van der Waals surface area contributed by atoms with Gasteiger partial charge in [-0.05, 0) is 49.7 Å². The highest BCUT2D eigenvalue weighted by Gasteiger charge is 2.09. The molecule has 1 amide bonds. The number of rotatable bonds is 6. The Morgan fingerprint density at radius 3 is 2.30 bits per heavy atom. The van der Waals surface area contributed by atoms with Gasteiger partial charge in [-0.25, -0.2) is 0 Å².